The number of rotatable bonds is 9. The third-order valence-electron chi connectivity index (χ3n) is 2.79. The van der Waals surface area contributed by atoms with Crippen LogP contribution in [0.2, 0.25) is 0 Å². The van der Waals surface area contributed by atoms with Gasteiger partial charge >= 0.3 is 6.18 Å². The molecule has 9 heteroatoms. The number of nitrogens with zero attached hydrogens (tertiary/aromatic N) is 2. The van der Waals surface area contributed by atoms with Crippen molar-refractivity contribution in [1.29, 1.82) is 0 Å². The molecule has 1 rings (SSSR count). The summed E-state index contributed by atoms with van der Waals surface area (Å²) in [5.41, 5.74) is 0.723. The number of nitro groups is 1. The number of non-ortho nitro benzene ring substituents is 1. The molecular weight excluding hydrogens is 305 g/mol. The first-order chi connectivity index (χ1) is 10.3. The summed E-state index contributed by atoms with van der Waals surface area (Å²) in [6.45, 7) is -0.732. The summed E-state index contributed by atoms with van der Waals surface area (Å²) in [5, 5.41) is 19.5. The van der Waals surface area contributed by atoms with Crippen LogP contribution in [0, 0.1) is 10.1 Å². The second kappa shape index (κ2) is 8.66. The maximum atomic E-state index is 11.9. The summed E-state index contributed by atoms with van der Waals surface area (Å²) in [5.74, 6) is 0. The monoisotopic (exact) mass is 322 g/mol. The number of aliphatic hydroxyl groups excluding tert-OH is 1. The number of halogens is 3. The van der Waals surface area contributed by atoms with Crippen molar-refractivity contribution in [2.75, 3.05) is 32.9 Å². The zero-order chi connectivity index (χ0) is 16.6. The minimum absolute atomic E-state index is 0.0361. The van der Waals surface area contributed by atoms with Gasteiger partial charge < -0.3 is 9.84 Å². The lowest BCUT2D eigenvalue weighted by Crippen LogP contribution is -2.31. The van der Waals surface area contributed by atoms with E-state index in [0.29, 0.717) is 6.54 Å². The lowest BCUT2D eigenvalue weighted by molar-refractivity contribution is -0.384. The van der Waals surface area contributed by atoms with E-state index >= 15 is 0 Å². The molecule has 124 valence electrons. The van der Waals surface area contributed by atoms with Gasteiger partial charge in [0.05, 0.1) is 18.1 Å². The molecule has 0 atom stereocenters. The van der Waals surface area contributed by atoms with Crippen molar-refractivity contribution in [3.63, 3.8) is 0 Å². The molecular formula is C13H17F3N2O4. The van der Waals surface area contributed by atoms with Crippen molar-refractivity contribution < 1.29 is 27.9 Å². The summed E-state index contributed by atoms with van der Waals surface area (Å²) in [7, 11) is 0. The minimum Gasteiger partial charge on any atom is -0.395 e. The van der Waals surface area contributed by atoms with Gasteiger partial charge in [0.2, 0.25) is 0 Å². The third-order valence-corrected chi connectivity index (χ3v) is 2.79. The van der Waals surface area contributed by atoms with Gasteiger partial charge in [-0.2, -0.15) is 13.2 Å². The van der Waals surface area contributed by atoms with Gasteiger partial charge in [0.1, 0.15) is 6.61 Å². The average molecular weight is 322 g/mol. The maximum Gasteiger partial charge on any atom is 0.411 e. The Morgan fingerprint density at radius 1 is 1.23 bits per heavy atom. The molecule has 0 unspecified atom stereocenters. The predicted molar refractivity (Wildman–Crippen MR) is 72.3 cm³/mol. The van der Waals surface area contributed by atoms with Crippen molar-refractivity contribution in [2.24, 2.45) is 0 Å². The molecule has 1 aromatic carbocycles. The first-order valence-corrected chi connectivity index (χ1v) is 6.53. The number of nitro benzene ring substituents is 1. The van der Waals surface area contributed by atoms with E-state index in [0.717, 1.165) is 5.56 Å². The minimum atomic E-state index is -4.36. The molecule has 0 saturated carbocycles. The molecule has 1 N–H and O–H groups in total. The van der Waals surface area contributed by atoms with Gasteiger partial charge in [-0.3, -0.25) is 15.0 Å². The fourth-order valence-corrected chi connectivity index (χ4v) is 1.77. The average Bonchev–Trinajstić information content (AvgIpc) is 2.43. The highest BCUT2D eigenvalue weighted by atomic mass is 19.4. The van der Waals surface area contributed by atoms with Gasteiger partial charge in [-0.15, -0.1) is 0 Å². The van der Waals surface area contributed by atoms with Gasteiger partial charge in [-0.05, 0) is 5.56 Å². The van der Waals surface area contributed by atoms with Crippen LogP contribution in [-0.4, -0.2) is 54.0 Å². The molecule has 0 radical (unpaired) electrons. The molecule has 0 fully saturated rings. The SMILES string of the molecule is O=[N+]([O-])c1ccc(CN(CCO)CCOCC(F)(F)F)cc1. The van der Waals surface area contributed by atoms with Gasteiger partial charge in [0.15, 0.2) is 0 Å². The van der Waals surface area contributed by atoms with E-state index in [2.05, 4.69) is 4.74 Å². The van der Waals surface area contributed by atoms with Gasteiger partial charge in [-0.25, -0.2) is 0 Å². The van der Waals surface area contributed by atoms with Crippen LogP contribution in [-0.2, 0) is 11.3 Å². The third kappa shape index (κ3) is 7.34. The standard InChI is InChI=1S/C13H17F3N2O4/c14-13(15,16)10-22-8-6-17(5-7-19)9-11-1-3-12(4-2-11)18(20)21/h1-4,19H,5-10H2. The number of aliphatic hydroxyl groups is 1. The Morgan fingerprint density at radius 2 is 1.86 bits per heavy atom. The Labute approximate surface area is 125 Å². The van der Waals surface area contributed by atoms with E-state index in [1.54, 1.807) is 17.0 Å². The molecule has 0 aromatic heterocycles. The Balaban J connectivity index is 2.47. The summed E-state index contributed by atoms with van der Waals surface area (Å²) < 4.78 is 40.4. The Kier molecular flexibility index (Phi) is 7.22. The van der Waals surface area contributed by atoms with Crippen LogP contribution in [0.4, 0.5) is 18.9 Å². The molecule has 0 aliphatic carbocycles. The Hall–Kier alpha value is -1.71. The Bertz CT molecular complexity index is 465. The summed E-state index contributed by atoms with van der Waals surface area (Å²) >= 11 is 0. The van der Waals surface area contributed by atoms with Gasteiger partial charge in [0.25, 0.3) is 5.69 Å². The summed E-state index contributed by atoms with van der Waals surface area (Å²) in [6.07, 6.45) is -4.36. The summed E-state index contributed by atoms with van der Waals surface area (Å²) in [4.78, 5) is 11.7. The quantitative estimate of drug-likeness (QED) is 0.427. The molecule has 0 heterocycles. The smallest absolute Gasteiger partial charge is 0.395 e. The van der Waals surface area contributed by atoms with Crippen LogP contribution < -0.4 is 0 Å². The zero-order valence-corrected chi connectivity index (χ0v) is 11.8. The van der Waals surface area contributed by atoms with Gasteiger partial charge in [0, 0.05) is 31.8 Å². The highest BCUT2D eigenvalue weighted by Gasteiger charge is 2.27. The number of benzene rings is 1. The largest absolute Gasteiger partial charge is 0.411 e. The lowest BCUT2D eigenvalue weighted by atomic mass is 10.2. The Morgan fingerprint density at radius 3 is 2.36 bits per heavy atom. The molecule has 0 amide bonds. The van der Waals surface area contributed by atoms with Gasteiger partial charge in [-0.1, -0.05) is 12.1 Å². The fraction of sp³-hybridized carbons (Fsp3) is 0.538. The van der Waals surface area contributed by atoms with Crippen LogP contribution in [0.15, 0.2) is 24.3 Å². The lowest BCUT2D eigenvalue weighted by Gasteiger charge is -2.21. The molecule has 0 saturated heterocycles. The first kappa shape index (κ1) is 18.3. The highest BCUT2D eigenvalue weighted by Crippen LogP contribution is 2.15. The second-order valence-electron chi connectivity index (χ2n) is 4.59. The van der Waals surface area contributed by atoms with E-state index < -0.39 is 17.7 Å². The fourth-order valence-electron chi connectivity index (χ4n) is 1.77. The second-order valence-corrected chi connectivity index (χ2v) is 4.59. The molecule has 6 nitrogen and oxygen atoms in total. The molecule has 0 aliphatic heterocycles. The van der Waals surface area contributed by atoms with Crippen molar-refractivity contribution in [1.82, 2.24) is 4.90 Å². The number of hydrogen-bond acceptors (Lipinski definition) is 5. The topological polar surface area (TPSA) is 75.8 Å². The number of alkyl halides is 3. The maximum absolute atomic E-state index is 11.9. The molecule has 22 heavy (non-hydrogen) atoms. The van der Waals surface area contributed by atoms with Crippen LogP contribution in [0.1, 0.15) is 5.56 Å². The van der Waals surface area contributed by atoms with Crippen LogP contribution in [0.5, 0.6) is 0 Å². The van der Waals surface area contributed by atoms with Crippen molar-refractivity contribution in [3.05, 3.63) is 39.9 Å². The van der Waals surface area contributed by atoms with E-state index in [1.165, 1.54) is 12.1 Å². The molecule has 1 aromatic rings. The molecule has 0 bridgehead atoms. The summed E-state index contributed by atoms with van der Waals surface area (Å²) in [6, 6.07) is 5.84. The van der Waals surface area contributed by atoms with Crippen LogP contribution >= 0.6 is 0 Å². The zero-order valence-electron chi connectivity index (χ0n) is 11.8. The highest BCUT2D eigenvalue weighted by molar-refractivity contribution is 5.32. The van der Waals surface area contributed by atoms with E-state index in [4.69, 9.17) is 5.11 Å². The van der Waals surface area contributed by atoms with Crippen LogP contribution in [0.25, 0.3) is 0 Å². The van der Waals surface area contributed by atoms with E-state index in [9.17, 15) is 23.3 Å². The van der Waals surface area contributed by atoms with Crippen molar-refractivity contribution >= 4 is 5.69 Å². The van der Waals surface area contributed by atoms with E-state index in [-0.39, 0.29) is 32.0 Å². The number of hydrogen-bond donors (Lipinski definition) is 1. The normalized spacial score (nSPS) is 11.9. The predicted octanol–water partition coefficient (Wildman–Crippen LogP) is 1.97. The van der Waals surface area contributed by atoms with Crippen LogP contribution in [0.3, 0.4) is 0 Å². The molecule has 0 spiro atoms. The van der Waals surface area contributed by atoms with Crippen molar-refractivity contribution in [2.45, 2.75) is 12.7 Å². The first-order valence-electron chi connectivity index (χ1n) is 6.53. The van der Waals surface area contributed by atoms with Crippen molar-refractivity contribution in [3.8, 4) is 0 Å². The molecule has 0 aliphatic rings. The number of ether oxygens (including phenoxy) is 1. The van der Waals surface area contributed by atoms with E-state index in [1.807, 2.05) is 0 Å².